The molecular weight excluding hydrogens is 409 g/mol. The third kappa shape index (κ3) is 4.58. The van der Waals surface area contributed by atoms with Crippen LogP contribution in [0.4, 0.5) is 0 Å². The van der Waals surface area contributed by atoms with Crippen molar-refractivity contribution >= 4 is 39.9 Å². The van der Waals surface area contributed by atoms with Gasteiger partial charge in [0.2, 0.25) is 17.6 Å². The second-order valence-corrected chi connectivity index (χ2v) is 7.39. The van der Waals surface area contributed by atoms with Crippen LogP contribution in [0.15, 0.2) is 65.2 Å². The number of nitrogens with zero attached hydrogens (tertiary/aromatic N) is 2. The summed E-state index contributed by atoms with van der Waals surface area (Å²) in [6, 6.07) is 19.2. The van der Waals surface area contributed by atoms with Gasteiger partial charge in [0.05, 0.1) is 0 Å². The van der Waals surface area contributed by atoms with E-state index < -0.39 is 0 Å². The van der Waals surface area contributed by atoms with Crippen LogP contribution in [0.2, 0.25) is 10.0 Å². The van der Waals surface area contributed by atoms with Gasteiger partial charge in [-0.2, -0.15) is 4.98 Å². The molecule has 1 amide bonds. The zero-order valence-corrected chi connectivity index (χ0v) is 16.9. The number of fused-ring (bicyclic) bond motifs is 1. The Morgan fingerprint density at radius 1 is 1.03 bits per heavy atom. The molecule has 0 aliphatic rings. The molecule has 0 aliphatic heterocycles. The van der Waals surface area contributed by atoms with Crippen LogP contribution in [-0.4, -0.2) is 16.0 Å². The molecule has 5 nitrogen and oxygen atoms in total. The molecule has 0 saturated heterocycles. The highest BCUT2D eigenvalue weighted by Crippen LogP contribution is 2.26. The van der Waals surface area contributed by atoms with Crippen molar-refractivity contribution in [1.82, 2.24) is 15.5 Å². The molecule has 0 bridgehead atoms. The van der Waals surface area contributed by atoms with E-state index in [1.807, 2.05) is 42.5 Å². The zero-order valence-electron chi connectivity index (χ0n) is 15.4. The maximum absolute atomic E-state index is 12.1. The molecule has 146 valence electrons. The number of amides is 1. The number of hydrogen-bond acceptors (Lipinski definition) is 4. The van der Waals surface area contributed by atoms with Crippen molar-refractivity contribution in [2.24, 2.45) is 0 Å². The van der Waals surface area contributed by atoms with Crippen molar-refractivity contribution in [3.05, 3.63) is 82.2 Å². The maximum atomic E-state index is 12.1. The molecule has 1 heterocycles. The Kier molecular flexibility index (Phi) is 5.79. The Bertz CT molecular complexity index is 1170. The monoisotopic (exact) mass is 425 g/mol. The molecule has 0 saturated carbocycles. The van der Waals surface area contributed by atoms with Crippen LogP contribution in [0.1, 0.15) is 17.9 Å². The van der Waals surface area contributed by atoms with E-state index >= 15 is 0 Å². The predicted molar refractivity (Wildman–Crippen MR) is 114 cm³/mol. The van der Waals surface area contributed by atoms with Gasteiger partial charge in [-0.15, -0.1) is 0 Å². The van der Waals surface area contributed by atoms with E-state index in [9.17, 15) is 4.79 Å². The van der Waals surface area contributed by atoms with E-state index in [1.54, 1.807) is 18.2 Å². The topological polar surface area (TPSA) is 68.0 Å². The van der Waals surface area contributed by atoms with Gasteiger partial charge in [0.15, 0.2) is 0 Å². The third-order valence-electron chi connectivity index (χ3n) is 4.56. The second-order valence-electron chi connectivity index (χ2n) is 6.55. The number of nitrogens with one attached hydrogen (secondary N) is 1. The fourth-order valence-corrected chi connectivity index (χ4v) is 3.53. The number of aryl methyl sites for hydroxylation is 1. The van der Waals surface area contributed by atoms with Crippen molar-refractivity contribution in [1.29, 1.82) is 0 Å². The number of carbonyl (C=O) groups excluding carboxylic acids is 1. The Balaban J connectivity index is 1.37. The molecule has 0 atom stereocenters. The molecule has 29 heavy (non-hydrogen) atoms. The van der Waals surface area contributed by atoms with E-state index in [2.05, 4.69) is 15.5 Å². The van der Waals surface area contributed by atoms with Crippen molar-refractivity contribution in [2.45, 2.75) is 19.4 Å². The van der Waals surface area contributed by atoms with Gasteiger partial charge in [0, 0.05) is 35.0 Å². The Labute approximate surface area is 177 Å². The van der Waals surface area contributed by atoms with Crippen molar-refractivity contribution < 1.29 is 9.32 Å². The maximum Gasteiger partial charge on any atom is 0.227 e. The van der Waals surface area contributed by atoms with Crippen molar-refractivity contribution in [3.63, 3.8) is 0 Å². The lowest BCUT2D eigenvalue weighted by Crippen LogP contribution is -2.23. The van der Waals surface area contributed by atoms with Crippen molar-refractivity contribution in [2.75, 3.05) is 0 Å². The molecule has 1 N–H and O–H groups in total. The summed E-state index contributed by atoms with van der Waals surface area (Å²) in [5.41, 5.74) is 1.71. The summed E-state index contributed by atoms with van der Waals surface area (Å²) in [6.07, 6.45) is 0.598. The van der Waals surface area contributed by atoms with Crippen LogP contribution < -0.4 is 5.32 Å². The summed E-state index contributed by atoms with van der Waals surface area (Å²) in [7, 11) is 0. The van der Waals surface area contributed by atoms with Gasteiger partial charge in [-0.25, -0.2) is 0 Å². The van der Waals surface area contributed by atoms with Crippen LogP contribution >= 0.6 is 23.2 Å². The summed E-state index contributed by atoms with van der Waals surface area (Å²) in [5, 5.41) is 10.2. The molecular formula is C22H17Cl2N3O2. The van der Waals surface area contributed by atoms with E-state index in [-0.39, 0.29) is 12.3 Å². The first kappa shape index (κ1) is 19.4. The molecule has 0 aliphatic carbocycles. The van der Waals surface area contributed by atoms with Crippen LogP contribution in [0, 0.1) is 0 Å². The van der Waals surface area contributed by atoms with Crippen LogP contribution in [0.3, 0.4) is 0 Å². The van der Waals surface area contributed by atoms with Crippen molar-refractivity contribution in [3.8, 4) is 11.4 Å². The number of aromatic nitrogens is 2. The van der Waals surface area contributed by atoms with Gasteiger partial charge in [-0.05, 0) is 28.5 Å². The third-order valence-corrected chi connectivity index (χ3v) is 5.14. The largest absolute Gasteiger partial charge is 0.352 e. The molecule has 0 fully saturated rings. The molecule has 0 radical (unpaired) electrons. The van der Waals surface area contributed by atoms with Gasteiger partial charge >= 0.3 is 0 Å². The quantitative estimate of drug-likeness (QED) is 0.446. The fourth-order valence-electron chi connectivity index (χ4n) is 3.05. The SMILES string of the molecule is O=C(CCc1nc(-c2cccc3ccccc23)no1)NCc1ccc(Cl)cc1Cl. The van der Waals surface area contributed by atoms with Gasteiger partial charge in [0.25, 0.3) is 0 Å². The van der Waals surface area contributed by atoms with Gasteiger partial charge < -0.3 is 9.84 Å². The molecule has 0 unspecified atom stereocenters. The first-order valence-electron chi connectivity index (χ1n) is 9.11. The molecule has 7 heteroatoms. The molecule has 4 rings (SSSR count). The van der Waals surface area contributed by atoms with Gasteiger partial charge in [0.1, 0.15) is 0 Å². The average Bonchev–Trinajstić information content (AvgIpc) is 3.20. The highest BCUT2D eigenvalue weighted by molar-refractivity contribution is 6.35. The number of carbonyl (C=O) groups is 1. The fraction of sp³-hybridized carbons (Fsp3) is 0.136. The Morgan fingerprint density at radius 3 is 2.72 bits per heavy atom. The summed E-state index contributed by atoms with van der Waals surface area (Å²) in [4.78, 5) is 16.6. The van der Waals surface area contributed by atoms with E-state index in [0.717, 1.165) is 21.9 Å². The standard InChI is InChI=1S/C22H17Cl2N3O2/c23-16-9-8-15(19(24)12-16)13-25-20(28)10-11-21-26-22(27-29-21)18-7-3-5-14-4-1-2-6-17(14)18/h1-9,12H,10-11,13H2,(H,25,28). The Morgan fingerprint density at radius 2 is 1.86 bits per heavy atom. The summed E-state index contributed by atoms with van der Waals surface area (Å²) >= 11 is 12.0. The van der Waals surface area contributed by atoms with Crippen LogP contribution in [0.25, 0.3) is 22.2 Å². The zero-order chi connectivity index (χ0) is 20.2. The average molecular weight is 426 g/mol. The predicted octanol–water partition coefficient (Wildman–Crippen LogP) is 5.45. The molecule has 3 aromatic carbocycles. The van der Waals surface area contributed by atoms with E-state index in [4.69, 9.17) is 27.7 Å². The highest BCUT2D eigenvalue weighted by atomic mass is 35.5. The number of halogens is 2. The summed E-state index contributed by atoms with van der Waals surface area (Å²) < 4.78 is 5.34. The smallest absolute Gasteiger partial charge is 0.227 e. The molecule has 0 spiro atoms. The molecule has 1 aromatic heterocycles. The van der Waals surface area contributed by atoms with E-state index in [1.165, 1.54) is 0 Å². The highest BCUT2D eigenvalue weighted by Gasteiger charge is 2.13. The van der Waals surface area contributed by atoms with E-state index in [0.29, 0.717) is 34.7 Å². The van der Waals surface area contributed by atoms with Crippen LogP contribution in [0.5, 0.6) is 0 Å². The minimum absolute atomic E-state index is 0.124. The number of benzene rings is 3. The minimum atomic E-state index is -0.124. The van der Waals surface area contributed by atoms with Gasteiger partial charge in [-0.1, -0.05) is 76.9 Å². The lowest BCUT2D eigenvalue weighted by atomic mass is 10.0. The first-order valence-corrected chi connectivity index (χ1v) is 9.87. The molecule has 4 aromatic rings. The Hall–Kier alpha value is -2.89. The lowest BCUT2D eigenvalue weighted by molar-refractivity contribution is -0.121. The van der Waals surface area contributed by atoms with Gasteiger partial charge in [-0.3, -0.25) is 4.79 Å². The lowest BCUT2D eigenvalue weighted by Gasteiger charge is -2.06. The number of hydrogen-bond donors (Lipinski definition) is 1. The first-order chi connectivity index (χ1) is 14.1. The second kappa shape index (κ2) is 8.64. The summed E-state index contributed by atoms with van der Waals surface area (Å²) in [5.74, 6) is 0.818. The minimum Gasteiger partial charge on any atom is -0.352 e. The number of rotatable bonds is 6. The normalized spacial score (nSPS) is 11.0. The summed E-state index contributed by atoms with van der Waals surface area (Å²) in [6.45, 7) is 0.333. The van der Waals surface area contributed by atoms with Crippen LogP contribution in [-0.2, 0) is 17.8 Å².